The molecular formula is C12H13ClO4. The van der Waals surface area contributed by atoms with Gasteiger partial charge in [-0.05, 0) is 23.6 Å². The molecule has 0 aliphatic carbocycles. The Bertz CT molecular complexity index is 442. The highest BCUT2D eigenvalue weighted by Gasteiger charge is 2.17. The van der Waals surface area contributed by atoms with E-state index in [0.717, 1.165) is 5.56 Å². The predicted octanol–water partition coefficient (Wildman–Crippen LogP) is 1.67. The monoisotopic (exact) mass is 256 g/mol. The second-order valence-electron chi connectivity index (χ2n) is 3.78. The van der Waals surface area contributed by atoms with E-state index in [-0.39, 0.29) is 23.6 Å². The van der Waals surface area contributed by atoms with Crippen LogP contribution in [0.15, 0.2) is 18.2 Å². The van der Waals surface area contributed by atoms with Crippen LogP contribution in [0.4, 0.5) is 0 Å². The second kappa shape index (κ2) is 5.80. The number of benzene rings is 1. The van der Waals surface area contributed by atoms with Crippen LogP contribution in [-0.2, 0) is 21.9 Å². The first kappa shape index (κ1) is 13.7. The minimum absolute atomic E-state index is 0.0432. The van der Waals surface area contributed by atoms with Crippen molar-refractivity contribution in [2.75, 3.05) is 0 Å². The molecule has 92 valence electrons. The van der Waals surface area contributed by atoms with E-state index in [0.29, 0.717) is 5.56 Å². The van der Waals surface area contributed by atoms with Gasteiger partial charge in [-0.25, -0.2) is 4.79 Å². The van der Waals surface area contributed by atoms with E-state index in [1.54, 1.807) is 6.07 Å². The Balaban J connectivity index is 3.12. The first-order chi connectivity index (χ1) is 7.95. The maximum absolute atomic E-state index is 11.1. The molecule has 0 radical (unpaired) electrons. The Hall–Kier alpha value is -1.39. The third-order valence-electron chi connectivity index (χ3n) is 2.36. The van der Waals surface area contributed by atoms with Gasteiger partial charge in [-0.2, -0.15) is 0 Å². The number of aliphatic carboxylic acids is 1. The van der Waals surface area contributed by atoms with Gasteiger partial charge < -0.3 is 10.2 Å². The average Bonchev–Trinajstić information content (AvgIpc) is 2.27. The number of Topliss-reactive ketones (excluding diaryl/α,β-unsaturated/α-hetero) is 1. The third kappa shape index (κ3) is 3.54. The zero-order valence-corrected chi connectivity index (χ0v) is 10.1. The molecule has 0 fully saturated rings. The fourth-order valence-corrected chi connectivity index (χ4v) is 1.78. The molecule has 4 nitrogen and oxygen atoms in total. The van der Waals surface area contributed by atoms with E-state index in [9.17, 15) is 14.7 Å². The van der Waals surface area contributed by atoms with E-state index in [4.69, 9.17) is 16.7 Å². The summed E-state index contributed by atoms with van der Waals surface area (Å²) < 4.78 is 0. The molecule has 0 heterocycles. The van der Waals surface area contributed by atoms with Gasteiger partial charge in [0.1, 0.15) is 5.78 Å². The van der Waals surface area contributed by atoms with Crippen molar-refractivity contribution in [3.8, 4) is 0 Å². The lowest BCUT2D eigenvalue weighted by Crippen LogP contribution is -2.11. The zero-order valence-electron chi connectivity index (χ0n) is 9.31. The molecule has 5 heteroatoms. The van der Waals surface area contributed by atoms with Crippen molar-refractivity contribution in [3.63, 3.8) is 0 Å². The lowest BCUT2D eigenvalue weighted by atomic mass is 9.98. The number of hydrogen-bond acceptors (Lipinski definition) is 3. The molecule has 0 spiro atoms. The summed E-state index contributed by atoms with van der Waals surface area (Å²) in [7, 11) is 0. The Labute approximate surface area is 104 Å². The average molecular weight is 257 g/mol. The molecule has 0 aliphatic rings. The first-order valence-electron chi connectivity index (χ1n) is 5.03. The molecule has 0 aliphatic heterocycles. The van der Waals surface area contributed by atoms with Gasteiger partial charge in [0.25, 0.3) is 0 Å². The van der Waals surface area contributed by atoms with Gasteiger partial charge in [0.15, 0.2) is 6.10 Å². The van der Waals surface area contributed by atoms with Crippen molar-refractivity contribution in [2.24, 2.45) is 0 Å². The molecule has 0 aromatic heterocycles. The lowest BCUT2D eigenvalue weighted by molar-refractivity contribution is -0.146. The van der Waals surface area contributed by atoms with Gasteiger partial charge in [-0.15, -0.1) is 11.6 Å². The quantitative estimate of drug-likeness (QED) is 0.786. The van der Waals surface area contributed by atoms with E-state index < -0.39 is 12.1 Å². The standard InChI is InChI=1S/C12H13ClO4/c1-7(14)4-10-5-8(11(15)12(16)17)2-3-9(10)6-13/h2-3,5,11,15H,4,6H2,1H3,(H,16,17). The van der Waals surface area contributed by atoms with Gasteiger partial charge in [-0.3, -0.25) is 4.79 Å². The summed E-state index contributed by atoms with van der Waals surface area (Å²) in [4.78, 5) is 21.7. The molecule has 2 N–H and O–H groups in total. The summed E-state index contributed by atoms with van der Waals surface area (Å²) in [6, 6.07) is 4.64. The number of halogens is 1. The number of hydrogen-bond donors (Lipinski definition) is 2. The van der Waals surface area contributed by atoms with Crippen molar-refractivity contribution in [2.45, 2.75) is 25.3 Å². The Morgan fingerprint density at radius 3 is 2.47 bits per heavy atom. The molecule has 1 aromatic rings. The highest BCUT2D eigenvalue weighted by molar-refractivity contribution is 6.17. The Morgan fingerprint density at radius 2 is 2.00 bits per heavy atom. The van der Waals surface area contributed by atoms with Crippen LogP contribution in [0, 0.1) is 0 Å². The molecule has 0 saturated carbocycles. The molecule has 0 amide bonds. The summed E-state index contributed by atoms with van der Waals surface area (Å²) in [6.07, 6.45) is -1.40. The lowest BCUT2D eigenvalue weighted by Gasteiger charge is -2.11. The number of carbonyl (C=O) groups excluding carboxylic acids is 1. The van der Waals surface area contributed by atoms with Crippen molar-refractivity contribution in [1.82, 2.24) is 0 Å². The van der Waals surface area contributed by atoms with Crippen LogP contribution in [0.2, 0.25) is 0 Å². The largest absolute Gasteiger partial charge is 0.479 e. The maximum atomic E-state index is 11.1. The van der Waals surface area contributed by atoms with Crippen molar-refractivity contribution in [3.05, 3.63) is 34.9 Å². The number of aliphatic hydroxyl groups is 1. The zero-order chi connectivity index (χ0) is 13.0. The van der Waals surface area contributed by atoms with Crippen LogP contribution >= 0.6 is 11.6 Å². The van der Waals surface area contributed by atoms with Gasteiger partial charge in [-0.1, -0.05) is 18.2 Å². The van der Waals surface area contributed by atoms with Gasteiger partial charge in [0.2, 0.25) is 0 Å². The van der Waals surface area contributed by atoms with E-state index in [2.05, 4.69) is 0 Å². The van der Waals surface area contributed by atoms with E-state index in [1.165, 1.54) is 19.1 Å². The van der Waals surface area contributed by atoms with Crippen LogP contribution in [0.3, 0.4) is 0 Å². The number of alkyl halides is 1. The number of carbonyl (C=O) groups is 2. The Morgan fingerprint density at radius 1 is 1.35 bits per heavy atom. The van der Waals surface area contributed by atoms with Crippen molar-refractivity contribution >= 4 is 23.4 Å². The van der Waals surface area contributed by atoms with Crippen LogP contribution in [0.25, 0.3) is 0 Å². The van der Waals surface area contributed by atoms with Crippen LogP contribution in [0.1, 0.15) is 29.7 Å². The number of ketones is 1. The summed E-state index contributed by atoms with van der Waals surface area (Å²) in [5.74, 6) is -1.12. The van der Waals surface area contributed by atoms with Crippen LogP contribution in [0.5, 0.6) is 0 Å². The summed E-state index contributed by atoms with van der Waals surface area (Å²) in [5.41, 5.74) is 1.68. The highest BCUT2D eigenvalue weighted by atomic mass is 35.5. The summed E-state index contributed by atoms with van der Waals surface area (Å²) >= 11 is 5.72. The van der Waals surface area contributed by atoms with Gasteiger partial charge in [0.05, 0.1) is 0 Å². The number of aliphatic hydroxyl groups excluding tert-OH is 1. The summed E-state index contributed by atoms with van der Waals surface area (Å²) in [6.45, 7) is 1.44. The number of carboxylic acid groups (broad SMARTS) is 1. The van der Waals surface area contributed by atoms with Crippen LogP contribution < -0.4 is 0 Å². The van der Waals surface area contributed by atoms with E-state index >= 15 is 0 Å². The molecule has 1 atom stereocenters. The molecule has 1 unspecified atom stereocenters. The molecule has 17 heavy (non-hydrogen) atoms. The fourth-order valence-electron chi connectivity index (χ4n) is 1.52. The van der Waals surface area contributed by atoms with Crippen molar-refractivity contribution in [1.29, 1.82) is 0 Å². The molecule has 1 rings (SSSR count). The maximum Gasteiger partial charge on any atom is 0.337 e. The highest BCUT2D eigenvalue weighted by Crippen LogP contribution is 2.20. The molecule has 1 aromatic carbocycles. The second-order valence-corrected chi connectivity index (χ2v) is 4.05. The van der Waals surface area contributed by atoms with Crippen LogP contribution in [-0.4, -0.2) is 22.0 Å². The first-order valence-corrected chi connectivity index (χ1v) is 5.57. The van der Waals surface area contributed by atoms with Crippen molar-refractivity contribution < 1.29 is 19.8 Å². The smallest absolute Gasteiger partial charge is 0.337 e. The minimum Gasteiger partial charge on any atom is -0.479 e. The topological polar surface area (TPSA) is 74.6 Å². The normalized spacial score (nSPS) is 12.2. The molecule has 0 saturated heterocycles. The minimum atomic E-state index is -1.58. The Kier molecular flexibility index (Phi) is 4.66. The number of carboxylic acids is 1. The third-order valence-corrected chi connectivity index (χ3v) is 2.65. The fraction of sp³-hybridized carbons (Fsp3) is 0.333. The van der Waals surface area contributed by atoms with E-state index in [1.807, 2.05) is 0 Å². The predicted molar refractivity (Wildman–Crippen MR) is 63.0 cm³/mol. The number of rotatable bonds is 5. The van der Waals surface area contributed by atoms with Gasteiger partial charge in [0, 0.05) is 12.3 Å². The molecule has 0 bridgehead atoms. The summed E-state index contributed by atoms with van der Waals surface area (Å²) in [5, 5.41) is 18.1. The SMILES string of the molecule is CC(=O)Cc1cc(C(O)C(=O)O)ccc1CCl. The molecular weight excluding hydrogens is 244 g/mol. The van der Waals surface area contributed by atoms with Gasteiger partial charge >= 0.3 is 5.97 Å².